The third-order valence-corrected chi connectivity index (χ3v) is 3.77. The molecule has 0 unspecified atom stereocenters. The van der Waals surface area contributed by atoms with Crippen molar-refractivity contribution in [3.8, 4) is 5.75 Å². The molecular formula is C22H23N2O5-. The number of ether oxygens (including phenoxy) is 1. The molecule has 0 aliphatic rings. The Bertz CT molecular complexity index is 906. The number of rotatable bonds is 8. The van der Waals surface area contributed by atoms with Gasteiger partial charge in [0.1, 0.15) is 11.4 Å². The summed E-state index contributed by atoms with van der Waals surface area (Å²) in [6.45, 7) is 5.06. The molecule has 7 heteroatoms. The summed E-state index contributed by atoms with van der Waals surface area (Å²) >= 11 is 0. The zero-order chi connectivity index (χ0) is 21.4. The molecule has 2 aromatic carbocycles. The van der Waals surface area contributed by atoms with Crippen LogP contribution in [0.1, 0.15) is 36.7 Å². The molecule has 29 heavy (non-hydrogen) atoms. The molecule has 2 aromatic rings. The van der Waals surface area contributed by atoms with Crippen LogP contribution in [-0.2, 0) is 9.59 Å². The van der Waals surface area contributed by atoms with Crippen LogP contribution in [0.2, 0.25) is 0 Å². The maximum Gasteiger partial charge on any atom is 0.268 e. The minimum absolute atomic E-state index is 0.0290. The van der Waals surface area contributed by atoms with Gasteiger partial charge in [0.05, 0.1) is 18.1 Å². The quantitative estimate of drug-likeness (QED) is 0.659. The Kier molecular flexibility index (Phi) is 7.54. The van der Waals surface area contributed by atoms with Crippen molar-refractivity contribution in [2.24, 2.45) is 0 Å². The van der Waals surface area contributed by atoms with Crippen molar-refractivity contribution in [3.05, 3.63) is 71.4 Å². The number of aliphatic carboxylic acids is 1. The Morgan fingerprint density at radius 3 is 2.31 bits per heavy atom. The van der Waals surface area contributed by atoms with Crippen molar-refractivity contribution in [2.75, 3.05) is 0 Å². The second-order valence-electron chi connectivity index (χ2n) is 6.63. The van der Waals surface area contributed by atoms with E-state index in [1.165, 1.54) is 13.0 Å². The number of nitrogens with one attached hydrogen (secondary N) is 2. The van der Waals surface area contributed by atoms with E-state index in [1.807, 2.05) is 13.8 Å². The van der Waals surface area contributed by atoms with Crippen molar-refractivity contribution in [3.63, 3.8) is 0 Å². The SMILES string of the molecule is CC(C)Oc1cccc(/C=C(/NC(=O)c2ccccc2)C(=O)N[C@H](C)C(=O)[O-])c1. The second kappa shape index (κ2) is 10.1. The van der Waals surface area contributed by atoms with Crippen molar-refractivity contribution in [1.29, 1.82) is 0 Å². The third-order valence-electron chi connectivity index (χ3n) is 3.77. The summed E-state index contributed by atoms with van der Waals surface area (Å²) in [7, 11) is 0. The minimum Gasteiger partial charge on any atom is -0.548 e. The van der Waals surface area contributed by atoms with Gasteiger partial charge in [-0.2, -0.15) is 0 Å². The molecule has 2 N–H and O–H groups in total. The van der Waals surface area contributed by atoms with E-state index in [0.717, 1.165) is 0 Å². The van der Waals surface area contributed by atoms with Gasteiger partial charge in [-0.1, -0.05) is 30.3 Å². The number of carboxylic acid groups (broad SMARTS) is 1. The molecule has 2 amide bonds. The summed E-state index contributed by atoms with van der Waals surface area (Å²) in [5.41, 5.74) is 0.854. The van der Waals surface area contributed by atoms with Gasteiger partial charge in [0.15, 0.2) is 0 Å². The molecule has 0 aliphatic heterocycles. The topological polar surface area (TPSA) is 108 Å². The first kappa shape index (κ1) is 21.7. The highest BCUT2D eigenvalue weighted by Gasteiger charge is 2.17. The fourth-order valence-corrected chi connectivity index (χ4v) is 2.39. The molecule has 0 radical (unpaired) electrons. The summed E-state index contributed by atoms with van der Waals surface area (Å²) in [5, 5.41) is 15.8. The van der Waals surface area contributed by atoms with E-state index in [-0.39, 0.29) is 11.8 Å². The van der Waals surface area contributed by atoms with E-state index in [4.69, 9.17) is 4.74 Å². The number of carboxylic acids is 1. The van der Waals surface area contributed by atoms with Gasteiger partial charge in [-0.25, -0.2) is 0 Å². The van der Waals surface area contributed by atoms with Crippen LogP contribution in [0.25, 0.3) is 6.08 Å². The van der Waals surface area contributed by atoms with Gasteiger partial charge in [-0.3, -0.25) is 9.59 Å². The number of carbonyl (C=O) groups is 3. The molecule has 7 nitrogen and oxygen atoms in total. The molecule has 1 atom stereocenters. The third kappa shape index (κ3) is 6.80. The first-order valence-corrected chi connectivity index (χ1v) is 9.13. The Morgan fingerprint density at radius 1 is 1.00 bits per heavy atom. The predicted octanol–water partition coefficient (Wildman–Crippen LogP) is 1.50. The summed E-state index contributed by atoms with van der Waals surface area (Å²) in [6, 6.07) is 14.1. The van der Waals surface area contributed by atoms with Gasteiger partial charge >= 0.3 is 0 Å². The normalized spacial score (nSPS) is 12.2. The molecule has 0 aromatic heterocycles. The fourth-order valence-electron chi connectivity index (χ4n) is 2.39. The van der Waals surface area contributed by atoms with Crippen LogP contribution in [0.15, 0.2) is 60.3 Å². The van der Waals surface area contributed by atoms with Gasteiger partial charge in [0, 0.05) is 5.56 Å². The summed E-state index contributed by atoms with van der Waals surface area (Å²) in [4.78, 5) is 36.0. The van der Waals surface area contributed by atoms with E-state index in [9.17, 15) is 19.5 Å². The Labute approximate surface area is 169 Å². The zero-order valence-electron chi connectivity index (χ0n) is 16.5. The van der Waals surface area contributed by atoms with Crippen molar-refractivity contribution in [2.45, 2.75) is 32.9 Å². The van der Waals surface area contributed by atoms with Gasteiger partial charge in [-0.15, -0.1) is 0 Å². The van der Waals surface area contributed by atoms with Gasteiger partial charge in [-0.05, 0) is 56.7 Å². The largest absolute Gasteiger partial charge is 0.548 e. The molecule has 0 fully saturated rings. The first-order valence-electron chi connectivity index (χ1n) is 9.13. The highest BCUT2D eigenvalue weighted by Crippen LogP contribution is 2.17. The number of amides is 2. The molecule has 0 saturated carbocycles. The lowest BCUT2D eigenvalue weighted by Gasteiger charge is -2.17. The van der Waals surface area contributed by atoms with Gasteiger partial charge in [0.2, 0.25) is 0 Å². The van der Waals surface area contributed by atoms with Crippen LogP contribution in [0, 0.1) is 0 Å². The molecule has 0 aliphatic carbocycles. The molecule has 0 heterocycles. The zero-order valence-corrected chi connectivity index (χ0v) is 16.5. The Morgan fingerprint density at radius 2 is 1.69 bits per heavy atom. The summed E-state index contributed by atoms with van der Waals surface area (Å²) in [5.74, 6) is -2.07. The number of hydrogen-bond acceptors (Lipinski definition) is 5. The highest BCUT2D eigenvalue weighted by atomic mass is 16.5. The molecule has 0 saturated heterocycles. The van der Waals surface area contributed by atoms with Gasteiger partial charge < -0.3 is 25.3 Å². The van der Waals surface area contributed by atoms with Crippen molar-refractivity contribution >= 4 is 23.9 Å². The standard InChI is InChI=1S/C22H24N2O5/c1-14(2)29-18-11-7-8-16(12-18)13-19(21(26)23-15(3)22(27)28)24-20(25)17-9-5-4-6-10-17/h4-15H,1-3H3,(H,23,26)(H,24,25)(H,27,28)/p-1/b19-13+/t15-/m1/s1. The lowest BCUT2D eigenvalue weighted by Crippen LogP contribution is -2.48. The van der Waals surface area contributed by atoms with E-state index < -0.39 is 23.8 Å². The summed E-state index contributed by atoms with van der Waals surface area (Å²) < 4.78 is 5.64. The first-order chi connectivity index (χ1) is 13.8. The number of hydrogen-bond donors (Lipinski definition) is 2. The van der Waals surface area contributed by atoms with E-state index in [1.54, 1.807) is 54.6 Å². The Balaban J connectivity index is 2.33. The maximum atomic E-state index is 12.6. The lowest BCUT2D eigenvalue weighted by molar-refractivity contribution is -0.307. The molecule has 0 bridgehead atoms. The maximum absolute atomic E-state index is 12.6. The number of carbonyl (C=O) groups excluding carboxylic acids is 3. The van der Waals surface area contributed by atoms with Crippen LogP contribution >= 0.6 is 0 Å². The molecule has 0 spiro atoms. The van der Waals surface area contributed by atoms with E-state index >= 15 is 0 Å². The monoisotopic (exact) mass is 395 g/mol. The summed E-state index contributed by atoms with van der Waals surface area (Å²) in [6.07, 6.45) is 1.42. The van der Waals surface area contributed by atoms with E-state index in [0.29, 0.717) is 16.9 Å². The molecule has 152 valence electrons. The van der Waals surface area contributed by atoms with Crippen LogP contribution in [-0.4, -0.2) is 29.9 Å². The fraction of sp³-hybridized carbons (Fsp3) is 0.227. The van der Waals surface area contributed by atoms with Crippen LogP contribution < -0.4 is 20.5 Å². The lowest BCUT2D eigenvalue weighted by atomic mass is 10.1. The van der Waals surface area contributed by atoms with Crippen molar-refractivity contribution in [1.82, 2.24) is 10.6 Å². The molecular weight excluding hydrogens is 372 g/mol. The van der Waals surface area contributed by atoms with Crippen LogP contribution in [0.4, 0.5) is 0 Å². The minimum atomic E-state index is -1.43. The van der Waals surface area contributed by atoms with E-state index in [2.05, 4.69) is 10.6 Å². The van der Waals surface area contributed by atoms with Crippen LogP contribution in [0.5, 0.6) is 5.75 Å². The van der Waals surface area contributed by atoms with Crippen molar-refractivity contribution < 1.29 is 24.2 Å². The van der Waals surface area contributed by atoms with Crippen LogP contribution in [0.3, 0.4) is 0 Å². The smallest absolute Gasteiger partial charge is 0.268 e. The average Bonchev–Trinajstić information content (AvgIpc) is 2.67. The highest BCUT2D eigenvalue weighted by molar-refractivity contribution is 6.06. The van der Waals surface area contributed by atoms with Gasteiger partial charge in [0.25, 0.3) is 11.8 Å². The average molecular weight is 395 g/mol. The predicted molar refractivity (Wildman–Crippen MR) is 107 cm³/mol. The number of benzene rings is 2. The second-order valence-corrected chi connectivity index (χ2v) is 6.63. The Hall–Kier alpha value is -3.61. The molecule has 2 rings (SSSR count).